The highest BCUT2D eigenvalue weighted by Gasteiger charge is 2.33. The molecule has 1 N–H and O–H groups in total. The summed E-state index contributed by atoms with van der Waals surface area (Å²) in [6.45, 7) is 0.726. The van der Waals surface area contributed by atoms with Crippen molar-refractivity contribution in [1.29, 1.82) is 0 Å². The molecule has 22 heavy (non-hydrogen) atoms. The van der Waals surface area contributed by atoms with Crippen LogP contribution in [0.25, 0.3) is 0 Å². The third kappa shape index (κ3) is 3.15. The molecule has 1 atom stereocenters. The second-order valence-electron chi connectivity index (χ2n) is 4.76. The van der Waals surface area contributed by atoms with Crippen LogP contribution in [0, 0.1) is 0 Å². The van der Waals surface area contributed by atoms with Crippen molar-refractivity contribution in [3.63, 3.8) is 0 Å². The number of rotatable bonds is 4. The van der Waals surface area contributed by atoms with Gasteiger partial charge in [0, 0.05) is 4.47 Å². The molecule has 5 nitrogen and oxygen atoms in total. The Bertz CT molecular complexity index is 690. The Morgan fingerprint density at radius 1 is 1.36 bits per heavy atom. The summed E-state index contributed by atoms with van der Waals surface area (Å²) >= 11 is 4.82. The zero-order chi connectivity index (χ0) is 15.5. The lowest BCUT2D eigenvalue weighted by Gasteiger charge is -2.11. The van der Waals surface area contributed by atoms with Crippen molar-refractivity contribution in [2.45, 2.75) is 6.10 Å². The monoisotopic (exact) mass is 380 g/mol. The molecule has 2 amide bonds. The maximum atomic E-state index is 12.1. The molecule has 1 aliphatic rings. The fourth-order valence-electron chi connectivity index (χ4n) is 2.18. The van der Waals surface area contributed by atoms with Crippen LogP contribution in [0.4, 0.5) is 9.80 Å². The van der Waals surface area contributed by atoms with E-state index in [0.29, 0.717) is 12.1 Å². The van der Waals surface area contributed by atoms with E-state index < -0.39 is 0 Å². The molecule has 1 aliphatic heterocycles. The number of carbonyl (C=O) groups is 2. The molecule has 0 saturated carbocycles. The number of anilines is 1. The summed E-state index contributed by atoms with van der Waals surface area (Å²) in [5.74, 6) is -0.196. The van der Waals surface area contributed by atoms with Gasteiger partial charge in [-0.3, -0.25) is 9.69 Å². The van der Waals surface area contributed by atoms with Gasteiger partial charge in [0.05, 0.1) is 18.7 Å². The average molecular weight is 381 g/mol. The highest BCUT2D eigenvalue weighted by atomic mass is 79.9. The molecular weight excluding hydrogens is 368 g/mol. The topological polar surface area (TPSA) is 58.6 Å². The first kappa shape index (κ1) is 15.1. The Labute approximate surface area is 140 Å². The van der Waals surface area contributed by atoms with Crippen LogP contribution in [0.15, 0.2) is 46.3 Å². The summed E-state index contributed by atoms with van der Waals surface area (Å²) in [6.07, 6.45) is -0.719. The van der Waals surface area contributed by atoms with Gasteiger partial charge < -0.3 is 10.1 Å². The molecule has 1 aromatic carbocycles. The number of thiophene rings is 1. The van der Waals surface area contributed by atoms with E-state index in [2.05, 4.69) is 21.2 Å². The number of nitrogens with one attached hydrogen (secondary N) is 1. The second kappa shape index (κ2) is 6.50. The third-order valence-electron chi connectivity index (χ3n) is 3.26. The maximum absolute atomic E-state index is 12.1. The fraction of sp³-hybridized carbons (Fsp3) is 0.200. The number of hydrogen-bond acceptors (Lipinski definition) is 4. The fourth-order valence-corrected chi connectivity index (χ4v) is 3.37. The molecule has 3 rings (SSSR count). The lowest BCUT2D eigenvalue weighted by Crippen LogP contribution is -2.34. The van der Waals surface area contributed by atoms with Crippen molar-refractivity contribution in [3.05, 3.63) is 51.8 Å². The zero-order valence-electron chi connectivity index (χ0n) is 11.5. The van der Waals surface area contributed by atoms with Crippen molar-refractivity contribution in [3.8, 4) is 0 Å². The van der Waals surface area contributed by atoms with Gasteiger partial charge in [-0.05, 0) is 45.6 Å². The van der Waals surface area contributed by atoms with E-state index >= 15 is 0 Å². The first-order valence-corrected chi connectivity index (χ1v) is 8.37. The van der Waals surface area contributed by atoms with E-state index in [4.69, 9.17) is 4.74 Å². The van der Waals surface area contributed by atoms with Gasteiger partial charge in [0.25, 0.3) is 5.91 Å². The second-order valence-corrected chi connectivity index (χ2v) is 6.54. The summed E-state index contributed by atoms with van der Waals surface area (Å²) in [4.78, 5) is 25.5. The minimum Gasteiger partial charge on any atom is -0.442 e. The van der Waals surface area contributed by atoms with Crippen LogP contribution in [0.2, 0.25) is 0 Å². The van der Waals surface area contributed by atoms with Crippen molar-refractivity contribution >= 4 is 44.3 Å². The number of ether oxygens (including phenoxy) is 1. The minimum atomic E-state index is -0.373. The summed E-state index contributed by atoms with van der Waals surface area (Å²) in [6, 6.07) is 10.9. The van der Waals surface area contributed by atoms with Gasteiger partial charge in [0.2, 0.25) is 0 Å². The van der Waals surface area contributed by atoms with Crippen molar-refractivity contribution in [1.82, 2.24) is 5.32 Å². The van der Waals surface area contributed by atoms with Gasteiger partial charge in [-0.15, -0.1) is 11.3 Å². The highest BCUT2D eigenvalue weighted by molar-refractivity contribution is 9.10. The number of hydrogen-bond donors (Lipinski definition) is 1. The minimum absolute atomic E-state index is 0.196. The molecule has 7 heteroatoms. The van der Waals surface area contributed by atoms with Crippen molar-refractivity contribution in [2.75, 3.05) is 18.0 Å². The van der Waals surface area contributed by atoms with Gasteiger partial charge in [-0.2, -0.15) is 0 Å². The van der Waals surface area contributed by atoms with Crippen LogP contribution >= 0.6 is 27.3 Å². The molecule has 0 spiro atoms. The maximum Gasteiger partial charge on any atom is 0.415 e. The summed E-state index contributed by atoms with van der Waals surface area (Å²) in [7, 11) is 0. The Morgan fingerprint density at radius 3 is 2.91 bits per heavy atom. The number of nitrogens with zero attached hydrogens (tertiary/aromatic N) is 1. The molecule has 2 heterocycles. The molecular formula is C15H13BrN2O3S. The van der Waals surface area contributed by atoms with Crippen molar-refractivity contribution in [2.24, 2.45) is 0 Å². The number of amides is 2. The normalized spacial score (nSPS) is 17.4. The van der Waals surface area contributed by atoms with Gasteiger partial charge in [-0.25, -0.2) is 4.79 Å². The first-order valence-electron chi connectivity index (χ1n) is 6.69. The van der Waals surface area contributed by atoms with Crippen LogP contribution in [-0.4, -0.2) is 31.2 Å². The van der Waals surface area contributed by atoms with Crippen molar-refractivity contribution < 1.29 is 14.3 Å². The molecule has 1 aromatic heterocycles. The molecule has 1 saturated heterocycles. The smallest absolute Gasteiger partial charge is 0.415 e. The van der Waals surface area contributed by atoms with Gasteiger partial charge in [-0.1, -0.05) is 12.1 Å². The molecule has 0 aliphatic carbocycles. The molecule has 0 bridgehead atoms. The Kier molecular flexibility index (Phi) is 4.44. The van der Waals surface area contributed by atoms with Gasteiger partial charge >= 0.3 is 6.09 Å². The first-order chi connectivity index (χ1) is 10.6. The molecule has 114 valence electrons. The SMILES string of the molecule is O=C(NCC1CN(c2cccs2)C(=O)O1)c1ccccc1Br. The number of cyclic esters (lactones) is 1. The Hall–Kier alpha value is -1.86. The lowest BCUT2D eigenvalue weighted by molar-refractivity contribution is 0.0915. The predicted molar refractivity (Wildman–Crippen MR) is 88.4 cm³/mol. The third-order valence-corrected chi connectivity index (χ3v) is 4.84. The molecule has 2 aromatic rings. The number of benzene rings is 1. The zero-order valence-corrected chi connectivity index (χ0v) is 13.9. The van der Waals surface area contributed by atoms with Gasteiger partial charge in [0.1, 0.15) is 11.1 Å². The van der Waals surface area contributed by atoms with E-state index in [1.54, 1.807) is 17.0 Å². The van der Waals surface area contributed by atoms with E-state index in [1.165, 1.54) is 11.3 Å². The lowest BCUT2D eigenvalue weighted by atomic mass is 10.2. The van der Waals surface area contributed by atoms with Gasteiger partial charge in [0.15, 0.2) is 0 Å². The number of halogens is 1. The predicted octanol–water partition coefficient (Wildman–Crippen LogP) is 3.27. The quantitative estimate of drug-likeness (QED) is 0.885. The van der Waals surface area contributed by atoms with Crippen LogP contribution in [0.1, 0.15) is 10.4 Å². The average Bonchev–Trinajstić information content (AvgIpc) is 3.14. The van der Waals surface area contributed by atoms with E-state index in [9.17, 15) is 9.59 Å². The Morgan fingerprint density at radius 2 is 2.18 bits per heavy atom. The van der Waals surface area contributed by atoms with E-state index in [1.807, 2.05) is 29.6 Å². The molecule has 1 unspecified atom stereocenters. The summed E-state index contributed by atoms with van der Waals surface area (Å²) in [5, 5.41) is 5.56. The highest BCUT2D eigenvalue weighted by Crippen LogP contribution is 2.26. The van der Waals surface area contributed by atoms with Crippen LogP contribution in [0.3, 0.4) is 0 Å². The standard InChI is InChI=1S/C15H13BrN2O3S/c16-12-5-2-1-4-11(12)14(19)17-8-10-9-18(15(20)21-10)13-6-3-7-22-13/h1-7,10H,8-9H2,(H,17,19). The molecule has 0 radical (unpaired) electrons. The number of carbonyl (C=O) groups excluding carboxylic acids is 2. The molecule has 1 fully saturated rings. The summed E-state index contributed by atoms with van der Waals surface area (Å²) < 4.78 is 6.01. The summed E-state index contributed by atoms with van der Waals surface area (Å²) in [5.41, 5.74) is 0.557. The van der Waals surface area contributed by atoms with Crippen LogP contribution in [-0.2, 0) is 4.74 Å². The van der Waals surface area contributed by atoms with E-state index in [0.717, 1.165) is 9.47 Å². The van der Waals surface area contributed by atoms with Crippen LogP contribution < -0.4 is 10.2 Å². The van der Waals surface area contributed by atoms with E-state index in [-0.39, 0.29) is 24.6 Å². The Balaban J connectivity index is 1.58. The largest absolute Gasteiger partial charge is 0.442 e. The van der Waals surface area contributed by atoms with Crippen LogP contribution in [0.5, 0.6) is 0 Å².